The maximum absolute atomic E-state index is 13.2. The second-order valence-corrected chi connectivity index (χ2v) is 10.6. The van der Waals surface area contributed by atoms with E-state index in [0.29, 0.717) is 30.6 Å². The van der Waals surface area contributed by atoms with Crippen molar-refractivity contribution in [3.05, 3.63) is 53.2 Å². The first-order chi connectivity index (χ1) is 16.3. The molecule has 3 aliphatic heterocycles. The van der Waals surface area contributed by atoms with Crippen LogP contribution in [0.5, 0.6) is 5.88 Å². The number of aromatic nitrogens is 4. The zero-order valence-electron chi connectivity index (χ0n) is 19.9. The number of fused-ring (bicyclic) bond motifs is 2. The molecule has 4 aliphatic rings. The van der Waals surface area contributed by atoms with Crippen molar-refractivity contribution < 1.29 is 19.0 Å². The van der Waals surface area contributed by atoms with Gasteiger partial charge in [0.05, 0.1) is 30.6 Å². The number of ether oxygens (including phenoxy) is 3. The molecule has 3 aromatic heterocycles. The van der Waals surface area contributed by atoms with Crippen molar-refractivity contribution >= 4 is 11.6 Å². The zero-order valence-corrected chi connectivity index (χ0v) is 19.9. The van der Waals surface area contributed by atoms with Crippen molar-refractivity contribution in [3.63, 3.8) is 0 Å². The van der Waals surface area contributed by atoms with Gasteiger partial charge in [-0.1, -0.05) is 6.07 Å². The van der Waals surface area contributed by atoms with Crippen molar-refractivity contribution in [1.29, 1.82) is 0 Å². The second kappa shape index (κ2) is 7.85. The van der Waals surface area contributed by atoms with Crippen molar-refractivity contribution in [2.75, 3.05) is 19.8 Å². The van der Waals surface area contributed by atoms with E-state index in [2.05, 4.69) is 11.9 Å². The van der Waals surface area contributed by atoms with Gasteiger partial charge >= 0.3 is 0 Å². The third-order valence-electron chi connectivity index (χ3n) is 7.25. The van der Waals surface area contributed by atoms with Crippen LogP contribution in [0.4, 0.5) is 0 Å². The summed E-state index contributed by atoms with van der Waals surface area (Å²) < 4.78 is 19.4. The van der Waals surface area contributed by atoms with Gasteiger partial charge in [0, 0.05) is 48.0 Å². The lowest BCUT2D eigenvalue weighted by Crippen LogP contribution is -2.45. The summed E-state index contributed by atoms with van der Waals surface area (Å²) in [6, 6.07) is 5.65. The Labute approximate surface area is 198 Å². The van der Waals surface area contributed by atoms with Crippen LogP contribution in [0.2, 0.25) is 0 Å². The fourth-order valence-electron chi connectivity index (χ4n) is 5.67. The molecule has 34 heavy (non-hydrogen) atoms. The van der Waals surface area contributed by atoms with Gasteiger partial charge in [-0.05, 0) is 52.2 Å². The van der Waals surface area contributed by atoms with E-state index in [1.807, 2.05) is 42.8 Å². The maximum Gasteiger partial charge on any atom is 0.237 e. The number of hydrogen-bond acceptors (Lipinski definition) is 7. The van der Waals surface area contributed by atoms with Gasteiger partial charge in [-0.2, -0.15) is 4.98 Å². The third-order valence-corrected chi connectivity index (χ3v) is 7.25. The number of rotatable bonds is 7. The van der Waals surface area contributed by atoms with Crippen LogP contribution in [0.25, 0.3) is 5.78 Å². The summed E-state index contributed by atoms with van der Waals surface area (Å²) in [7, 11) is 0. The highest BCUT2D eigenvalue weighted by atomic mass is 16.5. The lowest BCUT2D eigenvalue weighted by molar-refractivity contribution is 0.0154. The van der Waals surface area contributed by atoms with E-state index in [9.17, 15) is 4.79 Å². The fourth-order valence-corrected chi connectivity index (χ4v) is 5.67. The molecule has 1 aliphatic carbocycles. The van der Waals surface area contributed by atoms with Crippen LogP contribution in [0, 0.1) is 0 Å². The Bertz CT molecular complexity index is 1250. The van der Waals surface area contributed by atoms with Gasteiger partial charge in [-0.25, -0.2) is 9.97 Å². The molecule has 6 heterocycles. The molecule has 3 aromatic rings. The molecule has 1 unspecified atom stereocenters. The van der Waals surface area contributed by atoms with Crippen LogP contribution in [-0.2, 0) is 21.3 Å². The topological polar surface area (TPSA) is 87.8 Å². The number of pyridine rings is 1. The second-order valence-electron chi connectivity index (χ2n) is 10.6. The standard InChI is InChI=1S/C26H30N4O4/c1-16(2)34-23-18(9-21(31)20-6-4-5-19(27-20)17-7-8-32-12-17)10-30-11-22(28-24(30)29-23)26-13-25(3,14-26)33-15-26/h4-6,10-11,16-17H,7-9,12-15H2,1-3H3. The Morgan fingerprint density at radius 3 is 2.79 bits per heavy atom. The van der Waals surface area contributed by atoms with E-state index in [1.165, 1.54) is 0 Å². The summed E-state index contributed by atoms with van der Waals surface area (Å²) in [5.41, 5.74) is 3.07. The maximum atomic E-state index is 13.2. The number of imidazole rings is 1. The molecule has 0 aromatic carbocycles. The largest absolute Gasteiger partial charge is 0.475 e. The van der Waals surface area contributed by atoms with Crippen molar-refractivity contribution in [3.8, 4) is 5.88 Å². The number of ketones is 1. The minimum absolute atomic E-state index is 0.0150. The summed E-state index contributed by atoms with van der Waals surface area (Å²) in [5, 5.41) is 0. The molecule has 2 bridgehead atoms. The highest BCUT2D eigenvalue weighted by molar-refractivity contribution is 5.96. The minimum atomic E-state index is -0.0729. The number of carbonyl (C=O) groups excluding carboxylic acids is 1. The summed E-state index contributed by atoms with van der Waals surface area (Å²) in [6.45, 7) is 8.16. The van der Waals surface area contributed by atoms with Crippen LogP contribution >= 0.6 is 0 Å². The van der Waals surface area contributed by atoms with Gasteiger partial charge in [0.1, 0.15) is 5.69 Å². The lowest BCUT2D eigenvalue weighted by atomic mass is 9.62. The number of carbonyl (C=O) groups is 1. The highest BCUT2D eigenvalue weighted by Crippen LogP contribution is 2.58. The molecule has 0 spiro atoms. The molecule has 0 amide bonds. The first-order valence-electron chi connectivity index (χ1n) is 12.1. The average Bonchev–Trinajstić information content (AvgIpc) is 3.56. The fraction of sp³-hybridized carbons (Fsp3) is 0.538. The summed E-state index contributed by atoms with van der Waals surface area (Å²) in [6.07, 6.45) is 6.94. The van der Waals surface area contributed by atoms with E-state index < -0.39 is 0 Å². The molecule has 1 saturated carbocycles. The van der Waals surface area contributed by atoms with Crippen LogP contribution < -0.4 is 4.74 Å². The Morgan fingerprint density at radius 1 is 1.24 bits per heavy atom. The summed E-state index contributed by atoms with van der Waals surface area (Å²) >= 11 is 0. The first-order valence-corrected chi connectivity index (χ1v) is 12.1. The lowest BCUT2D eigenvalue weighted by Gasteiger charge is -2.41. The van der Waals surface area contributed by atoms with Gasteiger partial charge in [0.2, 0.25) is 11.7 Å². The molecule has 7 rings (SSSR count). The predicted molar refractivity (Wildman–Crippen MR) is 124 cm³/mol. The van der Waals surface area contributed by atoms with Gasteiger partial charge < -0.3 is 14.2 Å². The van der Waals surface area contributed by atoms with Crippen LogP contribution in [0.3, 0.4) is 0 Å². The smallest absolute Gasteiger partial charge is 0.237 e. The number of nitrogens with zero attached hydrogens (tertiary/aromatic N) is 4. The van der Waals surface area contributed by atoms with E-state index >= 15 is 0 Å². The third kappa shape index (κ3) is 3.69. The molecule has 1 atom stereocenters. The molecule has 3 saturated heterocycles. The van der Waals surface area contributed by atoms with E-state index in [4.69, 9.17) is 24.2 Å². The quantitative estimate of drug-likeness (QED) is 0.495. The van der Waals surface area contributed by atoms with Crippen LogP contribution in [-0.4, -0.2) is 56.7 Å². The van der Waals surface area contributed by atoms with Crippen LogP contribution in [0.15, 0.2) is 30.6 Å². The SMILES string of the molecule is CC(C)Oc1nc2nc(C34COC(C)(C3)C4)cn2cc1CC(=O)c1cccc(C2CCOC2)n1. The molecule has 0 N–H and O–H groups in total. The molecule has 4 fully saturated rings. The van der Waals surface area contributed by atoms with Crippen molar-refractivity contribution in [2.24, 2.45) is 0 Å². The Hall–Kier alpha value is -2.84. The molecule has 0 radical (unpaired) electrons. The molecule has 178 valence electrons. The van der Waals surface area contributed by atoms with Gasteiger partial charge in [0.15, 0.2) is 5.78 Å². The highest BCUT2D eigenvalue weighted by Gasteiger charge is 2.61. The Kier molecular flexibility index (Phi) is 5.00. The van der Waals surface area contributed by atoms with Crippen molar-refractivity contribution in [1.82, 2.24) is 19.4 Å². The normalized spacial score (nSPS) is 27.9. The monoisotopic (exact) mass is 462 g/mol. The molecule has 8 heteroatoms. The van der Waals surface area contributed by atoms with E-state index in [1.54, 1.807) is 6.07 Å². The van der Waals surface area contributed by atoms with Gasteiger partial charge in [-0.15, -0.1) is 0 Å². The first kappa shape index (κ1) is 21.7. The van der Waals surface area contributed by atoms with Gasteiger partial charge in [-0.3, -0.25) is 9.20 Å². The number of hydrogen-bond donors (Lipinski definition) is 0. The molecule has 8 nitrogen and oxygen atoms in total. The average molecular weight is 463 g/mol. The van der Waals surface area contributed by atoms with Crippen molar-refractivity contribution in [2.45, 2.75) is 69.5 Å². The van der Waals surface area contributed by atoms with Crippen LogP contribution in [0.1, 0.15) is 73.4 Å². The Morgan fingerprint density at radius 2 is 2.09 bits per heavy atom. The molecular weight excluding hydrogens is 432 g/mol. The predicted octanol–water partition coefficient (Wildman–Crippen LogP) is 3.66. The summed E-state index contributed by atoms with van der Waals surface area (Å²) in [5.74, 6) is 1.22. The Balaban J connectivity index is 1.30. The summed E-state index contributed by atoms with van der Waals surface area (Å²) in [4.78, 5) is 27.4. The molecular formula is C26H30N4O4. The van der Waals surface area contributed by atoms with Gasteiger partial charge in [0.25, 0.3) is 0 Å². The number of Topliss-reactive ketones (excluding diaryl/α,β-unsaturated/α-hetero) is 1. The van der Waals surface area contributed by atoms with E-state index in [0.717, 1.165) is 42.8 Å². The zero-order chi connectivity index (χ0) is 23.5. The minimum Gasteiger partial charge on any atom is -0.475 e. The van der Waals surface area contributed by atoms with E-state index in [-0.39, 0.29) is 35.2 Å².